The first-order valence-electron chi connectivity index (χ1n) is 10.1. The summed E-state index contributed by atoms with van der Waals surface area (Å²) >= 11 is 0. The van der Waals surface area contributed by atoms with Gasteiger partial charge in [0, 0.05) is 51.6 Å². The number of likely N-dealkylation sites (tertiary alicyclic amines) is 1. The third-order valence-corrected chi connectivity index (χ3v) is 5.75. The highest BCUT2D eigenvalue weighted by atomic mass is 16.5. The van der Waals surface area contributed by atoms with Crippen molar-refractivity contribution in [3.63, 3.8) is 0 Å². The van der Waals surface area contributed by atoms with E-state index >= 15 is 0 Å². The lowest BCUT2D eigenvalue weighted by molar-refractivity contribution is -0.130. The van der Waals surface area contributed by atoms with Crippen LogP contribution >= 0.6 is 0 Å². The highest BCUT2D eigenvalue weighted by Gasteiger charge is 2.42. The number of hydrogen-bond acceptors (Lipinski definition) is 5. The number of carbonyl (C=O) groups is 2. The molecule has 160 valence electrons. The van der Waals surface area contributed by atoms with Crippen LogP contribution in [0.5, 0.6) is 5.75 Å². The van der Waals surface area contributed by atoms with Crippen molar-refractivity contribution < 1.29 is 23.8 Å². The summed E-state index contributed by atoms with van der Waals surface area (Å²) in [5.74, 6) is 0.769. The van der Waals surface area contributed by atoms with E-state index in [4.69, 9.17) is 14.2 Å². The van der Waals surface area contributed by atoms with Gasteiger partial charge in [-0.3, -0.25) is 4.79 Å². The summed E-state index contributed by atoms with van der Waals surface area (Å²) in [6.45, 7) is 2.83. The molecule has 0 aromatic heterocycles. The SMILES string of the molecule is COCCC1(NC(=O)C2CCOCC2)CCN(C(=O)Nc2ccc(OC)cc2)C1. The van der Waals surface area contributed by atoms with E-state index in [1.54, 1.807) is 43.4 Å². The van der Waals surface area contributed by atoms with Crippen LogP contribution in [0.25, 0.3) is 0 Å². The van der Waals surface area contributed by atoms with Gasteiger partial charge in [-0.25, -0.2) is 4.79 Å². The predicted octanol–water partition coefficient (Wildman–Crippen LogP) is 2.25. The zero-order valence-corrected chi connectivity index (χ0v) is 17.2. The molecule has 1 aromatic carbocycles. The molecule has 2 aliphatic rings. The quantitative estimate of drug-likeness (QED) is 0.726. The maximum Gasteiger partial charge on any atom is 0.321 e. The first-order valence-corrected chi connectivity index (χ1v) is 10.1. The molecule has 8 nitrogen and oxygen atoms in total. The third-order valence-electron chi connectivity index (χ3n) is 5.75. The van der Waals surface area contributed by atoms with Crippen LogP contribution in [0, 0.1) is 5.92 Å². The molecule has 0 spiro atoms. The molecule has 1 aromatic rings. The maximum absolute atomic E-state index is 12.8. The van der Waals surface area contributed by atoms with E-state index < -0.39 is 5.54 Å². The van der Waals surface area contributed by atoms with Gasteiger partial charge < -0.3 is 29.7 Å². The van der Waals surface area contributed by atoms with Crippen molar-refractivity contribution >= 4 is 17.6 Å². The summed E-state index contributed by atoms with van der Waals surface area (Å²) in [6, 6.07) is 7.04. The number of urea groups is 1. The van der Waals surface area contributed by atoms with E-state index in [2.05, 4.69) is 10.6 Å². The zero-order chi connectivity index (χ0) is 20.7. The second-order valence-corrected chi connectivity index (χ2v) is 7.73. The lowest BCUT2D eigenvalue weighted by Gasteiger charge is -2.33. The van der Waals surface area contributed by atoms with Crippen LogP contribution in [0.1, 0.15) is 25.7 Å². The van der Waals surface area contributed by atoms with Gasteiger partial charge in [0.15, 0.2) is 0 Å². The molecule has 3 rings (SSSR count). The fourth-order valence-corrected chi connectivity index (χ4v) is 3.91. The number of ether oxygens (including phenoxy) is 3. The van der Waals surface area contributed by atoms with E-state index in [1.165, 1.54) is 0 Å². The summed E-state index contributed by atoms with van der Waals surface area (Å²) in [5.41, 5.74) is 0.249. The minimum atomic E-state index is -0.456. The van der Waals surface area contributed by atoms with Crippen LogP contribution in [0.2, 0.25) is 0 Å². The van der Waals surface area contributed by atoms with Gasteiger partial charge in [0.2, 0.25) is 5.91 Å². The molecule has 2 N–H and O–H groups in total. The monoisotopic (exact) mass is 405 g/mol. The first kappa shape index (κ1) is 21.4. The Bertz CT molecular complexity index is 690. The van der Waals surface area contributed by atoms with Gasteiger partial charge in [-0.05, 0) is 49.9 Å². The van der Waals surface area contributed by atoms with Gasteiger partial charge >= 0.3 is 6.03 Å². The summed E-state index contributed by atoms with van der Waals surface area (Å²) in [6.07, 6.45) is 2.87. The van der Waals surface area contributed by atoms with Gasteiger partial charge in [-0.15, -0.1) is 0 Å². The number of benzene rings is 1. The van der Waals surface area contributed by atoms with Crippen molar-refractivity contribution in [1.82, 2.24) is 10.2 Å². The van der Waals surface area contributed by atoms with Gasteiger partial charge in [0.05, 0.1) is 12.6 Å². The summed E-state index contributed by atoms with van der Waals surface area (Å²) in [4.78, 5) is 27.3. The third kappa shape index (κ3) is 5.61. The van der Waals surface area contributed by atoms with E-state index in [0.29, 0.717) is 51.4 Å². The Morgan fingerprint density at radius 2 is 1.93 bits per heavy atom. The topological polar surface area (TPSA) is 89.1 Å². The molecular weight excluding hydrogens is 374 g/mol. The molecule has 2 aliphatic heterocycles. The Morgan fingerprint density at radius 3 is 2.59 bits per heavy atom. The number of hydrogen-bond donors (Lipinski definition) is 2. The fourth-order valence-electron chi connectivity index (χ4n) is 3.91. The number of amides is 3. The average Bonchev–Trinajstić information content (AvgIpc) is 3.18. The highest BCUT2D eigenvalue weighted by molar-refractivity contribution is 5.90. The van der Waals surface area contributed by atoms with E-state index in [0.717, 1.165) is 18.6 Å². The first-order chi connectivity index (χ1) is 14.0. The van der Waals surface area contributed by atoms with Gasteiger partial charge in [-0.1, -0.05) is 0 Å². The van der Waals surface area contributed by atoms with Gasteiger partial charge in [0.1, 0.15) is 5.75 Å². The van der Waals surface area contributed by atoms with E-state index in [-0.39, 0.29) is 17.9 Å². The number of anilines is 1. The Labute approximate surface area is 171 Å². The molecule has 0 aliphatic carbocycles. The summed E-state index contributed by atoms with van der Waals surface area (Å²) in [5, 5.41) is 6.16. The van der Waals surface area contributed by atoms with Crippen molar-refractivity contribution in [1.29, 1.82) is 0 Å². The number of rotatable bonds is 7. The lowest BCUT2D eigenvalue weighted by atomic mass is 9.91. The number of nitrogens with one attached hydrogen (secondary N) is 2. The van der Waals surface area contributed by atoms with Crippen molar-refractivity contribution in [3.8, 4) is 5.75 Å². The van der Waals surface area contributed by atoms with Crippen LogP contribution in [0.3, 0.4) is 0 Å². The maximum atomic E-state index is 12.8. The number of carbonyl (C=O) groups excluding carboxylic acids is 2. The van der Waals surface area contributed by atoms with Crippen molar-refractivity contribution in [2.24, 2.45) is 5.92 Å². The fraction of sp³-hybridized carbons (Fsp3) is 0.619. The normalized spacial score (nSPS) is 22.3. The molecule has 3 amide bonds. The molecule has 0 bridgehead atoms. The van der Waals surface area contributed by atoms with Gasteiger partial charge in [0.25, 0.3) is 0 Å². The van der Waals surface area contributed by atoms with Crippen LogP contribution in [0.15, 0.2) is 24.3 Å². The molecule has 29 heavy (non-hydrogen) atoms. The molecule has 0 radical (unpaired) electrons. The van der Waals surface area contributed by atoms with E-state index in [9.17, 15) is 9.59 Å². The Morgan fingerprint density at radius 1 is 1.21 bits per heavy atom. The smallest absolute Gasteiger partial charge is 0.321 e. The predicted molar refractivity (Wildman–Crippen MR) is 109 cm³/mol. The summed E-state index contributed by atoms with van der Waals surface area (Å²) < 4.78 is 15.8. The number of methoxy groups -OCH3 is 2. The van der Waals surface area contributed by atoms with Crippen LogP contribution in [-0.4, -0.2) is 69.5 Å². The molecule has 2 saturated heterocycles. The largest absolute Gasteiger partial charge is 0.497 e. The van der Waals surface area contributed by atoms with Crippen molar-refractivity contribution in [2.45, 2.75) is 31.2 Å². The van der Waals surface area contributed by atoms with Crippen molar-refractivity contribution in [2.75, 3.05) is 52.4 Å². The van der Waals surface area contributed by atoms with Crippen LogP contribution in [0.4, 0.5) is 10.5 Å². The highest BCUT2D eigenvalue weighted by Crippen LogP contribution is 2.28. The zero-order valence-electron chi connectivity index (χ0n) is 17.2. The Balaban J connectivity index is 1.61. The summed E-state index contributed by atoms with van der Waals surface area (Å²) in [7, 11) is 3.25. The standard InChI is InChI=1S/C21H31N3O5/c1-27-14-10-21(23-19(25)16-7-12-29-13-8-16)9-11-24(15-21)20(26)22-17-3-5-18(28-2)6-4-17/h3-6,16H,7-15H2,1-2H3,(H,22,26)(H,23,25). The van der Waals surface area contributed by atoms with Crippen LogP contribution in [-0.2, 0) is 14.3 Å². The Kier molecular flexibility index (Phi) is 7.33. The van der Waals surface area contributed by atoms with E-state index in [1.807, 2.05) is 0 Å². The lowest BCUT2D eigenvalue weighted by Crippen LogP contribution is -2.54. The second kappa shape index (κ2) is 9.93. The minimum absolute atomic E-state index is 0.0228. The molecular formula is C21H31N3O5. The second-order valence-electron chi connectivity index (χ2n) is 7.73. The van der Waals surface area contributed by atoms with Gasteiger partial charge in [-0.2, -0.15) is 0 Å². The molecule has 1 unspecified atom stereocenters. The molecule has 8 heteroatoms. The van der Waals surface area contributed by atoms with Crippen LogP contribution < -0.4 is 15.4 Å². The minimum Gasteiger partial charge on any atom is -0.497 e. The average molecular weight is 405 g/mol. The molecule has 0 saturated carbocycles. The van der Waals surface area contributed by atoms with Crippen molar-refractivity contribution in [3.05, 3.63) is 24.3 Å². The molecule has 2 fully saturated rings. The number of nitrogens with zero attached hydrogens (tertiary/aromatic N) is 1. The Hall–Kier alpha value is -2.32. The molecule has 2 heterocycles. The molecule has 1 atom stereocenters.